The van der Waals surface area contributed by atoms with Gasteiger partial charge in [-0.15, -0.1) is 0 Å². The monoisotopic (exact) mass is 1030 g/mol. The fraction of sp³-hybridized carbons (Fsp3) is 0.859. The van der Waals surface area contributed by atoms with Gasteiger partial charge >= 0.3 is 0 Å². The van der Waals surface area contributed by atoms with E-state index in [2.05, 4.69) is 55.6 Å². The first-order valence-electron chi connectivity index (χ1n) is 31.4. The summed E-state index contributed by atoms with van der Waals surface area (Å²) in [6.07, 6.45) is 65.4. The fourth-order valence-corrected chi connectivity index (χ4v) is 9.91. The molecule has 9 nitrogen and oxygen atoms in total. The second-order valence-electron chi connectivity index (χ2n) is 21.8. The minimum Gasteiger partial charge on any atom is -0.394 e. The lowest BCUT2D eigenvalue weighted by atomic mass is 9.99. The van der Waals surface area contributed by atoms with Crippen molar-refractivity contribution in [2.45, 2.75) is 339 Å². The standard InChI is InChI=1S/C64H119NO8/c1-3-5-7-9-11-13-14-15-16-17-18-19-20-21-22-23-24-25-26-27-28-29-30-31-32-33-34-35-36-37-38-39-40-41-42-43-44-46-48-50-52-54-60(68)65-57(58(67)53-51-49-47-45-12-10-8-6-4-2)56-72-64-63(71)62(70)61(69)59(55-66)73-64/h12,14-15,17-18,45,51,53,57-59,61-64,66-67,69-71H,3-11,13,16,19-44,46-50,52,54-56H2,1-2H3,(H,65,68)/b15-14-,18-17-,45-12+,53-51+. The minimum absolute atomic E-state index is 0.185. The van der Waals surface area contributed by atoms with Gasteiger partial charge in [-0.25, -0.2) is 0 Å². The van der Waals surface area contributed by atoms with Crippen LogP contribution in [0.2, 0.25) is 0 Å². The van der Waals surface area contributed by atoms with Gasteiger partial charge in [-0.2, -0.15) is 0 Å². The molecule has 1 rings (SSSR count). The maximum Gasteiger partial charge on any atom is 0.220 e. The molecule has 0 spiro atoms. The van der Waals surface area contributed by atoms with Crippen LogP contribution in [0.1, 0.15) is 296 Å². The van der Waals surface area contributed by atoms with E-state index in [1.165, 1.54) is 231 Å². The summed E-state index contributed by atoms with van der Waals surface area (Å²) in [6, 6.07) is -0.818. The molecule has 0 aromatic rings. The third-order valence-corrected chi connectivity index (χ3v) is 14.9. The second kappa shape index (κ2) is 53.5. The maximum atomic E-state index is 13.0. The maximum absolute atomic E-state index is 13.0. The van der Waals surface area contributed by atoms with Crippen LogP contribution in [0.15, 0.2) is 48.6 Å². The van der Waals surface area contributed by atoms with Crippen LogP contribution in [0.5, 0.6) is 0 Å². The van der Waals surface area contributed by atoms with E-state index in [4.69, 9.17) is 9.47 Å². The van der Waals surface area contributed by atoms with Gasteiger partial charge in [0, 0.05) is 6.42 Å². The first kappa shape index (κ1) is 69.2. The van der Waals surface area contributed by atoms with Crippen LogP contribution in [0.25, 0.3) is 0 Å². The van der Waals surface area contributed by atoms with Crippen molar-refractivity contribution >= 4 is 5.91 Å². The summed E-state index contributed by atoms with van der Waals surface area (Å²) >= 11 is 0. The smallest absolute Gasteiger partial charge is 0.220 e. The van der Waals surface area contributed by atoms with Crippen molar-refractivity contribution in [1.82, 2.24) is 5.32 Å². The van der Waals surface area contributed by atoms with Crippen LogP contribution in [0.4, 0.5) is 0 Å². The molecular weight excluding hydrogens is 911 g/mol. The summed E-state index contributed by atoms with van der Waals surface area (Å²) in [5.74, 6) is -0.185. The van der Waals surface area contributed by atoms with Crippen molar-refractivity contribution in [2.24, 2.45) is 0 Å². The van der Waals surface area contributed by atoms with E-state index in [0.717, 1.165) is 44.9 Å². The van der Waals surface area contributed by atoms with Crippen molar-refractivity contribution in [2.75, 3.05) is 13.2 Å². The van der Waals surface area contributed by atoms with Gasteiger partial charge in [-0.3, -0.25) is 4.79 Å². The van der Waals surface area contributed by atoms with Gasteiger partial charge in [0.05, 0.1) is 25.4 Å². The molecule has 1 aliphatic rings. The predicted molar refractivity (Wildman–Crippen MR) is 309 cm³/mol. The molecule has 1 heterocycles. The topological polar surface area (TPSA) is 149 Å². The largest absolute Gasteiger partial charge is 0.394 e. The summed E-state index contributed by atoms with van der Waals surface area (Å²) in [7, 11) is 0. The molecule has 1 saturated heterocycles. The number of carbonyl (C=O) groups is 1. The third-order valence-electron chi connectivity index (χ3n) is 14.9. The molecule has 73 heavy (non-hydrogen) atoms. The molecule has 9 heteroatoms. The van der Waals surface area contributed by atoms with Crippen LogP contribution in [-0.4, -0.2) is 87.5 Å². The van der Waals surface area contributed by atoms with Gasteiger partial charge in [-0.1, -0.05) is 274 Å². The number of rotatable bonds is 54. The Balaban J connectivity index is 1.96. The van der Waals surface area contributed by atoms with Gasteiger partial charge < -0.3 is 40.3 Å². The normalized spacial score (nSPS) is 19.4. The number of aliphatic hydroxyl groups is 5. The van der Waals surface area contributed by atoms with Crippen LogP contribution >= 0.6 is 0 Å². The number of aliphatic hydroxyl groups excluding tert-OH is 5. The Morgan fingerprint density at radius 3 is 1.26 bits per heavy atom. The van der Waals surface area contributed by atoms with Crippen molar-refractivity contribution in [1.29, 1.82) is 0 Å². The number of amides is 1. The number of allylic oxidation sites excluding steroid dienone is 7. The van der Waals surface area contributed by atoms with E-state index in [-0.39, 0.29) is 12.5 Å². The lowest BCUT2D eigenvalue weighted by Crippen LogP contribution is -2.60. The van der Waals surface area contributed by atoms with Crippen LogP contribution in [-0.2, 0) is 14.3 Å². The number of hydrogen-bond acceptors (Lipinski definition) is 8. The summed E-state index contributed by atoms with van der Waals surface area (Å²) in [4.78, 5) is 13.0. The SMILES string of the molecule is CCCCC/C=C/CC/C=C/C(O)C(COC1OC(CO)C(O)C(O)C1O)NC(=O)CCCCCCCCCCCCCCCCCCCCCCCCCCCCCCC/C=C\C/C=C\CCCCCCC. The number of nitrogens with one attached hydrogen (secondary N) is 1. The Morgan fingerprint density at radius 1 is 0.466 bits per heavy atom. The zero-order valence-electron chi connectivity index (χ0n) is 47.6. The van der Waals surface area contributed by atoms with Gasteiger partial charge in [0.1, 0.15) is 24.4 Å². The molecule has 0 aromatic carbocycles. The van der Waals surface area contributed by atoms with Crippen LogP contribution in [0.3, 0.4) is 0 Å². The third kappa shape index (κ3) is 42.9. The lowest BCUT2D eigenvalue weighted by Gasteiger charge is -2.40. The molecule has 428 valence electrons. The van der Waals surface area contributed by atoms with Crippen molar-refractivity contribution in [3.8, 4) is 0 Å². The molecule has 0 bridgehead atoms. The highest BCUT2D eigenvalue weighted by molar-refractivity contribution is 5.76. The Morgan fingerprint density at radius 2 is 0.822 bits per heavy atom. The zero-order chi connectivity index (χ0) is 52.9. The van der Waals surface area contributed by atoms with Crippen molar-refractivity contribution < 1.29 is 39.8 Å². The number of hydrogen-bond donors (Lipinski definition) is 6. The van der Waals surface area contributed by atoms with E-state index in [0.29, 0.717) is 6.42 Å². The van der Waals surface area contributed by atoms with Crippen molar-refractivity contribution in [3.63, 3.8) is 0 Å². The van der Waals surface area contributed by atoms with E-state index < -0.39 is 49.5 Å². The molecule has 0 saturated carbocycles. The summed E-state index contributed by atoms with van der Waals surface area (Å²) in [6.45, 7) is 3.71. The molecule has 0 aromatic heterocycles. The molecule has 6 N–H and O–H groups in total. The highest BCUT2D eigenvalue weighted by Crippen LogP contribution is 2.23. The fourth-order valence-electron chi connectivity index (χ4n) is 9.91. The quantitative estimate of drug-likeness (QED) is 0.0261. The van der Waals surface area contributed by atoms with E-state index >= 15 is 0 Å². The van der Waals surface area contributed by atoms with E-state index in [1.54, 1.807) is 6.08 Å². The highest BCUT2D eigenvalue weighted by Gasteiger charge is 2.44. The summed E-state index contributed by atoms with van der Waals surface area (Å²) in [5, 5.41) is 54.2. The Labute approximate surface area is 450 Å². The lowest BCUT2D eigenvalue weighted by molar-refractivity contribution is -0.302. The first-order chi connectivity index (χ1) is 35.8. The second-order valence-corrected chi connectivity index (χ2v) is 21.8. The minimum atomic E-state index is -1.57. The molecule has 7 atom stereocenters. The van der Waals surface area contributed by atoms with Gasteiger partial charge in [0.25, 0.3) is 0 Å². The average Bonchev–Trinajstić information content (AvgIpc) is 3.39. The molecule has 0 radical (unpaired) electrons. The average molecular weight is 1030 g/mol. The zero-order valence-corrected chi connectivity index (χ0v) is 47.6. The summed E-state index contributed by atoms with van der Waals surface area (Å²) in [5.41, 5.74) is 0. The number of carbonyl (C=O) groups excluding carboxylic acids is 1. The van der Waals surface area contributed by atoms with Gasteiger partial charge in [0.2, 0.25) is 5.91 Å². The van der Waals surface area contributed by atoms with Gasteiger partial charge in [-0.05, 0) is 64.2 Å². The Kier molecular flexibility index (Phi) is 50.7. The van der Waals surface area contributed by atoms with E-state index in [9.17, 15) is 30.3 Å². The Hall–Kier alpha value is -1.85. The number of ether oxygens (including phenoxy) is 2. The molecule has 1 aliphatic heterocycles. The first-order valence-corrected chi connectivity index (χ1v) is 31.4. The van der Waals surface area contributed by atoms with Crippen molar-refractivity contribution in [3.05, 3.63) is 48.6 Å². The van der Waals surface area contributed by atoms with Crippen LogP contribution < -0.4 is 5.32 Å². The van der Waals surface area contributed by atoms with Gasteiger partial charge in [0.15, 0.2) is 6.29 Å². The van der Waals surface area contributed by atoms with Crippen LogP contribution in [0, 0.1) is 0 Å². The van der Waals surface area contributed by atoms with E-state index in [1.807, 2.05) is 6.08 Å². The molecular formula is C64H119NO8. The predicted octanol–water partition coefficient (Wildman–Crippen LogP) is 16.1. The molecule has 1 fully saturated rings. The Bertz CT molecular complexity index is 1290. The molecule has 7 unspecified atom stereocenters. The molecule has 1 amide bonds. The summed E-state index contributed by atoms with van der Waals surface area (Å²) < 4.78 is 11.2. The number of unbranched alkanes of at least 4 members (excludes halogenated alkanes) is 38. The highest BCUT2D eigenvalue weighted by atomic mass is 16.7. The molecule has 0 aliphatic carbocycles.